The number of rotatable bonds is 3. The number of hydroxylamine groups is 1. The molecule has 0 amide bonds. The van der Waals surface area contributed by atoms with Gasteiger partial charge in [-0.1, -0.05) is 25.2 Å². The quantitative estimate of drug-likeness (QED) is 0.842. The number of carbonyl (C=O) groups excluding carboxylic acids is 1. The molecule has 4 nitrogen and oxygen atoms in total. The normalized spacial score (nSPS) is 38.7. The number of nitrogens with one attached hydrogen (secondary N) is 1. The van der Waals surface area contributed by atoms with E-state index in [-0.39, 0.29) is 18.4 Å². The van der Waals surface area contributed by atoms with Gasteiger partial charge >= 0.3 is 5.97 Å². The van der Waals surface area contributed by atoms with E-state index in [9.17, 15) is 9.90 Å². The molecule has 0 spiro atoms. The maximum Gasteiger partial charge on any atom is 0.327 e. The van der Waals surface area contributed by atoms with Crippen molar-refractivity contribution < 1.29 is 14.7 Å². The van der Waals surface area contributed by atoms with Crippen LogP contribution in [0.5, 0.6) is 0 Å². The highest BCUT2D eigenvalue weighted by Crippen LogP contribution is 2.42. The minimum atomic E-state index is -0.582. The minimum absolute atomic E-state index is 0.0653. The number of aliphatic hydroxyl groups excluding tert-OH is 1. The SMILES string of the molecule is CC1C=CC2=CCCCC2C1CC[C@@H]1CC(O)CC(=O)ON1. The summed E-state index contributed by atoms with van der Waals surface area (Å²) in [5, 5.41) is 9.85. The number of fused-ring (bicyclic) bond motifs is 1. The molecule has 3 aliphatic rings. The van der Waals surface area contributed by atoms with Gasteiger partial charge < -0.3 is 9.94 Å². The monoisotopic (exact) mass is 305 g/mol. The van der Waals surface area contributed by atoms with E-state index < -0.39 is 6.10 Å². The average molecular weight is 305 g/mol. The van der Waals surface area contributed by atoms with Gasteiger partial charge in [-0.25, -0.2) is 0 Å². The van der Waals surface area contributed by atoms with Crippen LogP contribution >= 0.6 is 0 Å². The molecule has 3 rings (SSSR count). The Kier molecular flexibility index (Phi) is 4.99. The van der Waals surface area contributed by atoms with Crippen molar-refractivity contribution in [3.63, 3.8) is 0 Å². The van der Waals surface area contributed by atoms with Gasteiger partial charge in [-0.05, 0) is 61.9 Å². The van der Waals surface area contributed by atoms with Crippen molar-refractivity contribution >= 4 is 5.97 Å². The maximum absolute atomic E-state index is 11.3. The number of allylic oxidation sites excluding steroid dienone is 4. The molecular formula is C18H27NO3. The molecule has 0 radical (unpaired) electrons. The van der Waals surface area contributed by atoms with Gasteiger partial charge in [-0.2, -0.15) is 0 Å². The topological polar surface area (TPSA) is 58.6 Å². The second-order valence-corrected chi connectivity index (χ2v) is 7.08. The van der Waals surface area contributed by atoms with Gasteiger partial charge in [0.25, 0.3) is 0 Å². The fourth-order valence-electron chi connectivity index (χ4n) is 4.23. The fourth-order valence-corrected chi connectivity index (χ4v) is 4.23. The standard InChI is InChI=1S/C18H27NO3/c1-12-6-7-13-4-2-3-5-17(13)16(12)9-8-14-10-15(20)11-18(21)22-19-14/h4,6-7,12,14-17,19-20H,2-3,5,8-11H2,1H3/t12?,14-,15?,16?,17?/m1/s1. The predicted molar refractivity (Wildman–Crippen MR) is 84.7 cm³/mol. The van der Waals surface area contributed by atoms with Crippen LogP contribution in [0.4, 0.5) is 0 Å². The molecule has 22 heavy (non-hydrogen) atoms. The molecular weight excluding hydrogens is 278 g/mol. The van der Waals surface area contributed by atoms with Crippen LogP contribution in [0.2, 0.25) is 0 Å². The predicted octanol–water partition coefficient (Wildman–Crippen LogP) is 2.89. The lowest BCUT2D eigenvalue weighted by Crippen LogP contribution is -2.33. The third kappa shape index (κ3) is 3.61. The van der Waals surface area contributed by atoms with E-state index in [1.54, 1.807) is 0 Å². The van der Waals surface area contributed by atoms with E-state index in [0.29, 0.717) is 24.2 Å². The number of aliphatic hydroxyl groups is 1. The van der Waals surface area contributed by atoms with Crippen LogP contribution in [0.15, 0.2) is 23.8 Å². The van der Waals surface area contributed by atoms with Crippen molar-refractivity contribution in [3.8, 4) is 0 Å². The molecule has 1 aliphatic heterocycles. The third-order valence-corrected chi connectivity index (χ3v) is 5.46. The highest BCUT2D eigenvalue weighted by molar-refractivity contribution is 5.69. The van der Waals surface area contributed by atoms with Crippen molar-refractivity contribution in [2.75, 3.05) is 0 Å². The summed E-state index contributed by atoms with van der Waals surface area (Å²) in [6.07, 6.45) is 13.0. The van der Waals surface area contributed by atoms with Gasteiger partial charge in [0.05, 0.1) is 12.5 Å². The van der Waals surface area contributed by atoms with E-state index in [0.717, 1.165) is 12.8 Å². The Morgan fingerprint density at radius 2 is 2.27 bits per heavy atom. The van der Waals surface area contributed by atoms with Gasteiger partial charge in [-0.3, -0.25) is 4.79 Å². The summed E-state index contributed by atoms with van der Waals surface area (Å²) >= 11 is 0. The smallest absolute Gasteiger partial charge is 0.327 e. The van der Waals surface area contributed by atoms with E-state index in [2.05, 4.69) is 30.6 Å². The third-order valence-electron chi connectivity index (χ3n) is 5.46. The van der Waals surface area contributed by atoms with Crippen LogP contribution in [0.1, 0.15) is 51.9 Å². The Labute approximate surface area is 132 Å². The molecule has 0 aromatic heterocycles. The van der Waals surface area contributed by atoms with Crippen molar-refractivity contribution in [1.29, 1.82) is 0 Å². The zero-order valence-electron chi connectivity index (χ0n) is 13.3. The Hall–Kier alpha value is -1.13. The fraction of sp³-hybridized carbons (Fsp3) is 0.722. The molecule has 1 saturated heterocycles. The highest BCUT2D eigenvalue weighted by atomic mass is 16.7. The van der Waals surface area contributed by atoms with Crippen molar-refractivity contribution in [2.24, 2.45) is 17.8 Å². The summed E-state index contributed by atoms with van der Waals surface area (Å²) in [6, 6.07) is 0.0653. The van der Waals surface area contributed by atoms with Crippen molar-refractivity contribution in [1.82, 2.24) is 5.48 Å². The average Bonchev–Trinajstić information content (AvgIpc) is 2.66. The molecule has 0 saturated carbocycles. The van der Waals surface area contributed by atoms with E-state index >= 15 is 0 Å². The first-order chi connectivity index (χ1) is 10.6. The Bertz CT molecular complexity index is 471. The van der Waals surface area contributed by atoms with Crippen LogP contribution in [0.3, 0.4) is 0 Å². The van der Waals surface area contributed by atoms with E-state index in [1.807, 2.05) is 0 Å². The summed E-state index contributed by atoms with van der Waals surface area (Å²) in [5.74, 6) is 1.58. The Morgan fingerprint density at radius 3 is 3.14 bits per heavy atom. The molecule has 1 fully saturated rings. The van der Waals surface area contributed by atoms with Gasteiger partial charge in [0.2, 0.25) is 0 Å². The van der Waals surface area contributed by atoms with Crippen LogP contribution in [0.25, 0.3) is 0 Å². The second kappa shape index (κ2) is 6.97. The molecule has 4 heteroatoms. The second-order valence-electron chi connectivity index (χ2n) is 7.08. The molecule has 2 N–H and O–H groups in total. The van der Waals surface area contributed by atoms with Crippen LogP contribution in [-0.4, -0.2) is 23.2 Å². The molecule has 122 valence electrons. The van der Waals surface area contributed by atoms with Crippen LogP contribution in [0, 0.1) is 17.8 Å². The van der Waals surface area contributed by atoms with Gasteiger partial charge in [0.1, 0.15) is 0 Å². The maximum atomic E-state index is 11.3. The molecule has 0 bridgehead atoms. The van der Waals surface area contributed by atoms with Gasteiger partial charge in [0.15, 0.2) is 0 Å². The Morgan fingerprint density at radius 1 is 1.41 bits per heavy atom. The first-order valence-corrected chi connectivity index (χ1v) is 8.65. The first-order valence-electron chi connectivity index (χ1n) is 8.65. The molecule has 2 aliphatic carbocycles. The van der Waals surface area contributed by atoms with Crippen molar-refractivity contribution in [2.45, 2.75) is 64.0 Å². The zero-order chi connectivity index (χ0) is 15.5. The molecule has 4 unspecified atom stereocenters. The summed E-state index contributed by atoms with van der Waals surface area (Å²) < 4.78 is 0. The van der Waals surface area contributed by atoms with E-state index in [1.165, 1.54) is 24.8 Å². The molecule has 1 heterocycles. The molecule has 0 aromatic rings. The number of hydrogen-bond donors (Lipinski definition) is 2. The molecule has 5 atom stereocenters. The van der Waals surface area contributed by atoms with Gasteiger partial charge in [-0.15, -0.1) is 5.48 Å². The summed E-state index contributed by atoms with van der Waals surface area (Å²) in [5.41, 5.74) is 4.37. The van der Waals surface area contributed by atoms with Gasteiger partial charge in [0, 0.05) is 6.04 Å². The lowest BCUT2D eigenvalue weighted by molar-refractivity contribution is -0.152. The largest absolute Gasteiger partial charge is 0.392 e. The van der Waals surface area contributed by atoms with Crippen LogP contribution < -0.4 is 5.48 Å². The summed E-state index contributed by atoms with van der Waals surface area (Å²) in [7, 11) is 0. The highest BCUT2D eigenvalue weighted by Gasteiger charge is 2.33. The lowest BCUT2D eigenvalue weighted by atomic mass is 9.68. The lowest BCUT2D eigenvalue weighted by Gasteiger charge is -2.37. The summed E-state index contributed by atoms with van der Waals surface area (Å²) in [4.78, 5) is 16.3. The Balaban J connectivity index is 1.60. The number of hydrogen-bond acceptors (Lipinski definition) is 4. The van der Waals surface area contributed by atoms with Crippen molar-refractivity contribution in [3.05, 3.63) is 23.8 Å². The van der Waals surface area contributed by atoms with Crippen LogP contribution in [-0.2, 0) is 9.63 Å². The number of carbonyl (C=O) groups is 1. The van der Waals surface area contributed by atoms with E-state index in [4.69, 9.17) is 4.84 Å². The summed E-state index contributed by atoms with van der Waals surface area (Å²) in [6.45, 7) is 2.31. The zero-order valence-corrected chi connectivity index (χ0v) is 13.3. The molecule has 0 aromatic carbocycles. The first kappa shape index (κ1) is 15.8. The minimum Gasteiger partial charge on any atom is -0.392 e.